The number of hydrogen-bond acceptors (Lipinski definition) is 4. The molecule has 0 unspecified atom stereocenters. The van der Waals surface area contributed by atoms with Gasteiger partial charge in [0.25, 0.3) is 0 Å². The van der Waals surface area contributed by atoms with Crippen molar-refractivity contribution in [3.8, 4) is 11.5 Å². The molecule has 1 atom stereocenters. The zero-order valence-corrected chi connectivity index (χ0v) is 12.7. The van der Waals surface area contributed by atoms with E-state index in [4.69, 9.17) is 9.47 Å². The Bertz CT molecular complexity index is 636. The number of aromatic nitrogens is 2. The Morgan fingerprint density at radius 1 is 1.38 bits per heavy atom. The van der Waals surface area contributed by atoms with Gasteiger partial charge in [0.2, 0.25) is 0 Å². The minimum Gasteiger partial charge on any atom is -0.496 e. The fraction of sp³-hybridized carbons (Fsp3) is 0.438. The summed E-state index contributed by atoms with van der Waals surface area (Å²) >= 11 is 0. The summed E-state index contributed by atoms with van der Waals surface area (Å²) in [6, 6.07) is 4.19. The van der Waals surface area contributed by atoms with Crippen molar-refractivity contribution in [1.82, 2.24) is 15.5 Å². The van der Waals surface area contributed by atoms with Crippen LogP contribution in [-0.2, 0) is 19.5 Å². The van der Waals surface area contributed by atoms with Crippen LogP contribution in [-0.4, -0.2) is 23.4 Å². The van der Waals surface area contributed by atoms with Crippen LogP contribution in [0.2, 0.25) is 0 Å². The number of benzene rings is 1. The van der Waals surface area contributed by atoms with Crippen LogP contribution in [0.15, 0.2) is 18.3 Å². The number of fused-ring (bicyclic) bond motifs is 1. The van der Waals surface area contributed by atoms with Gasteiger partial charge in [0.1, 0.15) is 17.6 Å². The Hall–Kier alpha value is -2.01. The lowest BCUT2D eigenvalue weighted by atomic mass is 10.1. The number of aryl methyl sites for hydroxylation is 1. The normalized spacial score (nSPS) is 16.6. The van der Waals surface area contributed by atoms with Crippen molar-refractivity contribution in [2.45, 2.75) is 39.5 Å². The summed E-state index contributed by atoms with van der Waals surface area (Å²) in [5.41, 5.74) is 4.63. The fourth-order valence-electron chi connectivity index (χ4n) is 2.70. The van der Waals surface area contributed by atoms with E-state index in [9.17, 15) is 0 Å². The highest BCUT2D eigenvalue weighted by molar-refractivity contribution is 5.48. The number of nitrogens with one attached hydrogen (secondary N) is 2. The first-order valence-electron chi connectivity index (χ1n) is 7.23. The maximum atomic E-state index is 5.82. The Kier molecular flexibility index (Phi) is 3.84. The van der Waals surface area contributed by atoms with Crippen molar-refractivity contribution < 1.29 is 9.47 Å². The Morgan fingerprint density at radius 3 is 2.90 bits per heavy atom. The zero-order valence-electron chi connectivity index (χ0n) is 12.7. The minimum absolute atomic E-state index is 0.251. The lowest BCUT2D eigenvalue weighted by Gasteiger charge is -2.12. The van der Waals surface area contributed by atoms with Crippen LogP contribution in [0.1, 0.15) is 29.3 Å². The molecule has 0 bridgehead atoms. The molecule has 3 rings (SSSR count). The predicted octanol–water partition coefficient (Wildman–Crippen LogP) is 2.34. The Labute approximate surface area is 124 Å². The molecule has 2 aromatic rings. The Balaban J connectivity index is 1.70. The van der Waals surface area contributed by atoms with Crippen molar-refractivity contribution in [1.29, 1.82) is 0 Å². The van der Waals surface area contributed by atoms with Crippen LogP contribution < -0.4 is 14.8 Å². The second kappa shape index (κ2) is 5.77. The lowest BCUT2D eigenvalue weighted by Crippen LogP contribution is -2.13. The van der Waals surface area contributed by atoms with Crippen molar-refractivity contribution in [2.24, 2.45) is 0 Å². The third-order valence-electron chi connectivity index (χ3n) is 3.86. The minimum atomic E-state index is 0.251. The second-order valence-electron chi connectivity index (χ2n) is 5.53. The summed E-state index contributed by atoms with van der Waals surface area (Å²) in [5.74, 6) is 1.91. The average molecular weight is 287 g/mol. The molecule has 0 amide bonds. The number of ether oxygens (including phenoxy) is 2. The van der Waals surface area contributed by atoms with Gasteiger partial charge in [0, 0.05) is 41.9 Å². The maximum Gasteiger partial charge on any atom is 0.123 e. The molecular weight excluding hydrogens is 266 g/mol. The molecule has 5 nitrogen and oxygen atoms in total. The van der Waals surface area contributed by atoms with Crippen LogP contribution in [0.4, 0.5) is 0 Å². The van der Waals surface area contributed by atoms with Gasteiger partial charge in [-0.05, 0) is 26.0 Å². The molecule has 0 saturated carbocycles. The highest BCUT2D eigenvalue weighted by Gasteiger charge is 2.21. The number of nitrogens with zero attached hydrogens (tertiary/aromatic N) is 1. The lowest BCUT2D eigenvalue weighted by molar-refractivity contribution is 0.254. The highest BCUT2D eigenvalue weighted by Crippen LogP contribution is 2.34. The van der Waals surface area contributed by atoms with E-state index in [1.54, 1.807) is 7.11 Å². The standard InChI is InChI=1S/C16H21N3O2/c1-10-4-12-5-15(20-3)13(6-16(12)21-10)7-17-8-14-9-18-19-11(14)2/h5-6,9-10,17H,4,7-8H2,1-3H3,(H,18,19)/t10-/m1/s1. The number of H-pyrrole nitrogens is 1. The monoisotopic (exact) mass is 287 g/mol. The molecule has 1 aliphatic heterocycles. The molecule has 21 heavy (non-hydrogen) atoms. The molecule has 2 heterocycles. The summed E-state index contributed by atoms with van der Waals surface area (Å²) in [5, 5.41) is 10.4. The van der Waals surface area contributed by atoms with Crippen LogP contribution >= 0.6 is 0 Å². The first-order chi connectivity index (χ1) is 10.2. The van der Waals surface area contributed by atoms with Crippen molar-refractivity contribution >= 4 is 0 Å². The largest absolute Gasteiger partial charge is 0.496 e. The number of hydrogen-bond donors (Lipinski definition) is 2. The number of methoxy groups -OCH3 is 1. The SMILES string of the molecule is COc1cc2c(cc1CNCc1cn[nH]c1C)O[C@H](C)C2. The quantitative estimate of drug-likeness (QED) is 0.886. The number of rotatable bonds is 5. The van der Waals surface area contributed by atoms with Gasteiger partial charge in [-0.15, -0.1) is 0 Å². The third-order valence-corrected chi connectivity index (χ3v) is 3.86. The summed E-state index contributed by atoms with van der Waals surface area (Å²) < 4.78 is 11.3. The molecule has 0 saturated heterocycles. The van der Waals surface area contributed by atoms with E-state index < -0.39 is 0 Å². The molecule has 112 valence electrons. The first-order valence-corrected chi connectivity index (χ1v) is 7.23. The van der Waals surface area contributed by atoms with E-state index >= 15 is 0 Å². The molecule has 1 aromatic heterocycles. The van der Waals surface area contributed by atoms with E-state index in [2.05, 4.69) is 34.6 Å². The highest BCUT2D eigenvalue weighted by atomic mass is 16.5. The van der Waals surface area contributed by atoms with Crippen LogP contribution in [0.25, 0.3) is 0 Å². The van der Waals surface area contributed by atoms with Gasteiger partial charge in [-0.3, -0.25) is 5.10 Å². The first kappa shape index (κ1) is 13.9. The Morgan fingerprint density at radius 2 is 2.19 bits per heavy atom. The van der Waals surface area contributed by atoms with Crippen LogP contribution in [0, 0.1) is 6.92 Å². The smallest absolute Gasteiger partial charge is 0.123 e. The average Bonchev–Trinajstić information content (AvgIpc) is 3.02. The van der Waals surface area contributed by atoms with Gasteiger partial charge < -0.3 is 14.8 Å². The van der Waals surface area contributed by atoms with E-state index in [0.29, 0.717) is 0 Å². The maximum absolute atomic E-state index is 5.82. The zero-order chi connectivity index (χ0) is 14.8. The van der Waals surface area contributed by atoms with Gasteiger partial charge in [-0.25, -0.2) is 0 Å². The van der Waals surface area contributed by atoms with Crippen molar-refractivity contribution in [3.05, 3.63) is 40.7 Å². The molecule has 0 spiro atoms. The second-order valence-corrected chi connectivity index (χ2v) is 5.53. The van der Waals surface area contributed by atoms with Gasteiger partial charge in [0.15, 0.2) is 0 Å². The van der Waals surface area contributed by atoms with Crippen molar-refractivity contribution in [3.63, 3.8) is 0 Å². The fourth-order valence-corrected chi connectivity index (χ4v) is 2.70. The third kappa shape index (κ3) is 2.88. The van der Waals surface area contributed by atoms with Crippen LogP contribution in [0.3, 0.4) is 0 Å². The predicted molar refractivity (Wildman–Crippen MR) is 80.7 cm³/mol. The summed E-state index contributed by atoms with van der Waals surface area (Å²) in [6.45, 7) is 5.62. The molecule has 0 fully saturated rings. The number of aromatic amines is 1. The molecule has 0 aliphatic carbocycles. The van der Waals surface area contributed by atoms with Crippen molar-refractivity contribution in [2.75, 3.05) is 7.11 Å². The summed E-state index contributed by atoms with van der Waals surface area (Å²) in [7, 11) is 1.71. The van der Waals surface area contributed by atoms with E-state index in [1.165, 1.54) is 11.1 Å². The topological polar surface area (TPSA) is 59.2 Å². The van der Waals surface area contributed by atoms with Gasteiger partial charge >= 0.3 is 0 Å². The van der Waals surface area contributed by atoms with Gasteiger partial charge in [0.05, 0.1) is 13.3 Å². The van der Waals surface area contributed by atoms with Crippen LogP contribution in [0.5, 0.6) is 11.5 Å². The van der Waals surface area contributed by atoms with E-state index in [-0.39, 0.29) is 6.10 Å². The van der Waals surface area contributed by atoms with Gasteiger partial charge in [-0.2, -0.15) is 5.10 Å². The van der Waals surface area contributed by atoms with E-state index in [0.717, 1.165) is 42.3 Å². The molecule has 5 heteroatoms. The molecular formula is C16H21N3O2. The molecule has 0 radical (unpaired) electrons. The van der Waals surface area contributed by atoms with E-state index in [1.807, 2.05) is 13.1 Å². The summed E-state index contributed by atoms with van der Waals surface area (Å²) in [4.78, 5) is 0. The molecule has 1 aromatic carbocycles. The molecule has 2 N–H and O–H groups in total. The summed E-state index contributed by atoms with van der Waals surface area (Å²) in [6.07, 6.45) is 3.06. The molecule has 1 aliphatic rings. The van der Waals surface area contributed by atoms with Gasteiger partial charge in [-0.1, -0.05) is 0 Å².